The second-order valence-corrected chi connectivity index (χ2v) is 10.7. The average Bonchev–Trinajstić information content (AvgIpc) is 3.42. The minimum Gasteiger partial charge on any atom is -0.389 e. The molecule has 1 atom stereocenters. The third-order valence-corrected chi connectivity index (χ3v) is 8.54. The van der Waals surface area contributed by atoms with Crippen LogP contribution in [0.2, 0.25) is 0 Å². The smallest absolute Gasteiger partial charge is 0.282 e. The van der Waals surface area contributed by atoms with Gasteiger partial charge in [-0.2, -0.15) is 10.4 Å². The van der Waals surface area contributed by atoms with Gasteiger partial charge in [-0.25, -0.2) is 13.2 Å². The summed E-state index contributed by atoms with van der Waals surface area (Å²) in [7, 11) is 0. The number of carbonyl (C=O) groups is 2. The maximum atomic E-state index is 16.1. The first-order valence-corrected chi connectivity index (χ1v) is 13.0. The molecule has 0 aliphatic carbocycles. The monoisotopic (exact) mass is 550 g/mol. The quantitative estimate of drug-likeness (QED) is 0.370. The van der Waals surface area contributed by atoms with E-state index in [1.807, 2.05) is 6.07 Å². The van der Waals surface area contributed by atoms with Crippen LogP contribution in [0.15, 0.2) is 30.6 Å². The molecule has 0 radical (unpaired) electrons. The molecule has 4 aromatic rings. The number of hydrogen-bond donors (Lipinski definition) is 1. The van der Waals surface area contributed by atoms with Gasteiger partial charge in [-0.15, -0.1) is 11.3 Å². The van der Waals surface area contributed by atoms with Gasteiger partial charge in [0.1, 0.15) is 22.7 Å². The van der Waals surface area contributed by atoms with E-state index in [2.05, 4.69) is 11.7 Å². The Morgan fingerprint density at radius 3 is 2.69 bits per heavy atom. The van der Waals surface area contributed by atoms with Crippen LogP contribution in [0.5, 0.6) is 0 Å². The van der Waals surface area contributed by atoms with Crippen LogP contribution in [0.1, 0.15) is 28.0 Å². The normalized spacial score (nSPS) is 17.2. The highest BCUT2D eigenvalue weighted by atomic mass is 32.1. The molecule has 12 heteroatoms. The van der Waals surface area contributed by atoms with Gasteiger partial charge in [-0.3, -0.25) is 14.3 Å². The number of amides is 2. The van der Waals surface area contributed by atoms with Crippen molar-refractivity contribution in [1.82, 2.24) is 19.6 Å². The number of rotatable bonds is 2. The van der Waals surface area contributed by atoms with E-state index in [-0.39, 0.29) is 57.0 Å². The molecule has 2 amide bonds. The lowest BCUT2D eigenvalue weighted by atomic mass is 9.92. The summed E-state index contributed by atoms with van der Waals surface area (Å²) in [6, 6.07) is 5.36. The largest absolute Gasteiger partial charge is 0.389 e. The maximum Gasteiger partial charge on any atom is 0.282 e. The van der Waals surface area contributed by atoms with Gasteiger partial charge in [0, 0.05) is 42.5 Å². The fraction of sp³-hybridized carbons (Fsp3) is 0.259. The Balaban J connectivity index is 1.55. The molecule has 2 aromatic carbocycles. The minimum atomic E-state index is -1.06. The van der Waals surface area contributed by atoms with E-state index in [4.69, 9.17) is 5.73 Å². The first kappa shape index (κ1) is 24.9. The number of nitrogens with zero attached hydrogens (tertiary/aromatic N) is 5. The molecule has 0 bridgehead atoms. The van der Waals surface area contributed by atoms with Gasteiger partial charge in [0.2, 0.25) is 0 Å². The Morgan fingerprint density at radius 2 is 1.97 bits per heavy atom. The number of thiophene rings is 1. The van der Waals surface area contributed by atoms with E-state index in [9.17, 15) is 23.6 Å². The Hall–Kier alpha value is -4.37. The average molecular weight is 551 g/mol. The molecule has 0 spiro atoms. The van der Waals surface area contributed by atoms with E-state index in [1.54, 1.807) is 16.5 Å². The van der Waals surface area contributed by atoms with Gasteiger partial charge in [0.25, 0.3) is 11.8 Å². The number of benzene rings is 2. The molecule has 2 aliphatic heterocycles. The highest BCUT2D eigenvalue weighted by Gasteiger charge is 2.37. The molecular weight excluding hydrogens is 529 g/mol. The summed E-state index contributed by atoms with van der Waals surface area (Å²) >= 11 is 0.920. The van der Waals surface area contributed by atoms with Crippen LogP contribution in [0.4, 0.5) is 18.2 Å². The number of aromatic nitrogens is 2. The van der Waals surface area contributed by atoms with Crippen molar-refractivity contribution in [2.75, 3.05) is 25.4 Å². The Bertz CT molecular complexity index is 1800. The van der Waals surface area contributed by atoms with Crippen LogP contribution in [-0.2, 0) is 11.3 Å². The number of nitrogen functional groups attached to an aromatic ring is 1. The van der Waals surface area contributed by atoms with E-state index < -0.39 is 35.3 Å². The lowest BCUT2D eigenvalue weighted by Gasteiger charge is -2.42. The van der Waals surface area contributed by atoms with Crippen molar-refractivity contribution in [2.45, 2.75) is 25.9 Å². The fourth-order valence-corrected chi connectivity index (χ4v) is 6.74. The van der Waals surface area contributed by atoms with Gasteiger partial charge in [-0.1, -0.05) is 12.6 Å². The van der Waals surface area contributed by atoms with E-state index >= 15 is 4.39 Å². The summed E-state index contributed by atoms with van der Waals surface area (Å²) in [4.78, 5) is 28.9. The SMILES string of the molecule is C=C(F)C(=O)N1CCN2C(=O)c3cc(F)c(-c4ccc(F)c5sc(N)c(C#N)c45)c4c(C)nn(c34)CC[C@@H]2C1. The second-order valence-electron chi connectivity index (χ2n) is 9.66. The summed E-state index contributed by atoms with van der Waals surface area (Å²) in [5.41, 5.74) is 7.46. The van der Waals surface area contributed by atoms with Gasteiger partial charge < -0.3 is 15.5 Å². The standard InChI is InChI=1S/C27H21F3N6O2S/c1-12(28)26(37)34-7-8-35-14(11-34)5-6-36-23-16(27(35)38)9-19(30)22(20(23)13(2)33-36)15-3-4-18(29)24-21(15)17(10-31)25(32)39-24/h3-4,9,14H,1,5-8,11,32H2,2H3/t14-/m1/s1. The molecule has 6 rings (SSSR count). The number of aryl methyl sites for hydroxylation is 2. The highest BCUT2D eigenvalue weighted by Crippen LogP contribution is 2.45. The first-order valence-electron chi connectivity index (χ1n) is 12.2. The zero-order valence-electron chi connectivity index (χ0n) is 20.7. The summed E-state index contributed by atoms with van der Waals surface area (Å²) in [6.07, 6.45) is 0.428. The molecule has 39 heavy (non-hydrogen) atoms. The zero-order valence-corrected chi connectivity index (χ0v) is 21.5. The number of anilines is 1. The van der Waals surface area contributed by atoms with Crippen LogP contribution in [0, 0.1) is 29.9 Å². The van der Waals surface area contributed by atoms with Crippen LogP contribution < -0.4 is 5.73 Å². The first-order chi connectivity index (χ1) is 18.6. The second kappa shape index (κ2) is 8.84. The molecule has 2 N–H and O–H groups in total. The van der Waals surface area contributed by atoms with E-state index in [0.29, 0.717) is 29.6 Å². The number of piperazine rings is 1. The summed E-state index contributed by atoms with van der Waals surface area (Å²) in [6.45, 7) is 5.52. The van der Waals surface area contributed by atoms with Crippen LogP contribution in [-0.4, -0.2) is 57.1 Å². The van der Waals surface area contributed by atoms with Crippen molar-refractivity contribution in [3.63, 3.8) is 0 Å². The number of carbonyl (C=O) groups excluding carboxylic acids is 2. The van der Waals surface area contributed by atoms with Crippen LogP contribution in [0.25, 0.3) is 32.1 Å². The molecule has 198 valence electrons. The number of nitriles is 1. The molecule has 1 saturated heterocycles. The third kappa shape index (κ3) is 3.60. The number of hydrogen-bond acceptors (Lipinski definition) is 6. The molecule has 0 saturated carbocycles. The van der Waals surface area contributed by atoms with Gasteiger partial charge in [0.05, 0.1) is 33.1 Å². The topological polar surface area (TPSA) is 108 Å². The lowest BCUT2D eigenvalue weighted by Crippen LogP contribution is -2.57. The highest BCUT2D eigenvalue weighted by molar-refractivity contribution is 7.23. The van der Waals surface area contributed by atoms with Crippen molar-refractivity contribution < 1.29 is 22.8 Å². The van der Waals surface area contributed by atoms with Gasteiger partial charge >= 0.3 is 0 Å². The van der Waals surface area contributed by atoms with Crippen molar-refractivity contribution >= 4 is 49.1 Å². The molecule has 2 aromatic heterocycles. The summed E-state index contributed by atoms with van der Waals surface area (Å²) < 4.78 is 46.1. The fourth-order valence-electron chi connectivity index (χ4n) is 5.79. The predicted octanol–water partition coefficient (Wildman–Crippen LogP) is 4.50. The molecular formula is C27H21F3N6O2S. The number of nitrogens with two attached hydrogens (primary N) is 1. The van der Waals surface area contributed by atoms with Gasteiger partial charge in [-0.05, 0) is 31.0 Å². The molecule has 0 unspecified atom stereocenters. The molecule has 2 aliphatic rings. The Kier molecular flexibility index (Phi) is 5.65. The van der Waals surface area contributed by atoms with Crippen molar-refractivity contribution in [3.05, 3.63) is 59.1 Å². The number of halogens is 3. The Labute approximate surface area is 224 Å². The van der Waals surface area contributed by atoms with E-state index in [0.717, 1.165) is 17.4 Å². The number of fused-ring (bicyclic) bond motifs is 2. The maximum absolute atomic E-state index is 16.1. The van der Waals surface area contributed by atoms with E-state index in [1.165, 1.54) is 17.0 Å². The van der Waals surface area contributed by atoms with Gasteiger partial charge in [0.15, 0.2) is 5.83 Å². The van der Waals surface area contributed by atoms with Crippen LogP contribution in [0.3, 0.4) is 0 Å². The Morgan fingerprint density at radius 1 is 1.21 bits per heavy atom. The van der Waals surface area contributed by atoms with Crippen molar-refractivity contribution in [2.24, 2.45) is 0 Å². The molecule has 4 heterocycles. The third-order valence-electron chi connectivity index (χ3n) is 7.51. The lowest BCUT2D eigenvalue weighted by molar-refractivity contribution is -0.131. The van der Waals surface area contributed by atoms with Crippen molar-refractivity contribution in [1.29, 1.82) is 5.26 Å². The molecule has 1 fully saturated rings. The minimum absolute atomic E-state index is 0.0644. The summed E-state index contributed by atoms with van der Waals surface area (Å²) in [5.74, 6) is -3.60. The van der Waals surface area contributed by atoms with Crippen LogP contribution >= 0.6 is 11.3 Å². The molecule has 8 nitrogen and oxygen atoms in total. The zero-order chi connectivity index (χ0) is 27.7. The van der Waals surface area contributed by atoms with Crippen molar-refractivity contribution in [3.8, 4) is 17.2 Å². The predicted molar refractivity (Wildman–Crippen MR) is 141 cm³/mol. The summed E-state index contributed by atoms with van der Waals surface area (Å²) in [5, 5.41) is 15.1.